The number of halogens is 1. The van der Waals surface area contributed by atoms with Crippen LogP contribution in [0.4, 0.5) is 11.4 Å². The predicted molar refractivity (Wildman–Crippen MR) is 132 cm³/mol. The number of hydrogen-bond donors (Lipinski definition) is 2. The Morgan fingerprint density at radius 1 is 0.882 bits per heavy atom. The minimum atomic E-state index is -3.88. The molecule has 1 amide bonds. The molecule has 3 aromatic carbocycles. The Morgan fingerprint density at radius 3 is 2.26 bits per heavy atom. The number of rotatable bonds is 11. The third kappa shape index (κ3) is 6.79. The normalized spacial score (nSPS) is 10.9. The van der Waals surface area contributed by atoms with Crippen molar-refractivity contribution in [1.29, 1.82) is 0 Å². The lowest BCUT2D eigenvalue weighted by atomic mass is 10.3. The number of amides is 1. The fourth-order valence-corrected chi connectivity index (χ4v) is 4.33. The van der Waals surface area contributed by atoms with Gasteiger partial charge in [0.15, 0.2) is 6.61 Å². The summed E-state index contributed by atoms with van der Waals surface area (Å²) in [6.45, 7) is 4.36. The second-order valence-corrected chi connectivity index (χ2v) is 9.01. The Kier molecular flexibility index (Phi) is 8.61. The molecule has 180 valence electrons. The van der Waals surface area contributed by atoms with E-state index in [1.54, 1.807) is 48.5 Å². The average Bonchev–Trinajstić information content (AvgIpc) is 2.81. The minimum absolute atomic E-state index is 0.0474. The van der Waals surface area contributed by atoms with E-state index >= 15 is 0 Å². The summed E-state index contributed by atoms with van der Waals surface area (Å²) in [5.41, 5.74) is 0.898. The van der Waals surface area contributed by atoms with Crippen molar-refractivity contribution in [2.75, 3.05) is 29.9 Å². The molecule has 0 spiro atoms. The lowest BCUT2D eigenvalue weighted by molar-refractivity contribution is -0.118. The Labute approximate surface area is 203 Å². The molecule has 3 rings (SSSR count). The molecule has 0 aliphatic rings. The van der Waals surface area contributed by atoms with Gasteiger partial charge in [0.2, 0.25) is 0 Å². The molecule has 10 heteroatoms. The van der Waals surface area contributed by atoms with Crippen molar-refractivity contribution in [1.82, 2.24) is 0 Å². The van der Waals surface area contributed by atoms with Crippen LogP contribution in [0.3, 0.4) is 0 Å². The lowest BCUT2D eigenvalue weighted by Crippen LogP contribution is -2.20. The molecule has 0 aromatic heterocycles. The van der Waals surface area contributed by atoms with Gasteiger partial charge < -0.3 is 19.5 Å². The highest BCUT2D eigenvalue weighted by Crippen LogP contribution is 2.29. The first kappa shape index (κ1) is 25.2. The van der Waals surface area contributed by atoms with E-state index < -0.39 is 15.9 Å². The maximum Gasteiger partial charge on any atom is 0.262 e. The number of nitrogens with one attached hydrogen (secondary N) is 2. The van der Waals surface area contributed by atoms with Crippen LogP contribution in [0.2, 0.25) is 5.02 Å². The zero-order chi connectivity index (χ0) is 24.6. The Morgan fingerprint density at radius 2 is 1.59 bits per heavy atom. The van der Waals surface area contributed by atoms with Crippen molar-refractivity contribution in [3.05, 3.63) is 71.8 Å². The number of carbonyl (C=O) groups is 1. The topological polar surface area (TPSA) is 103 Å². The van der Waals surface area contributed by atoms with Gasteiger partial charge in [-0.15, -0.1) is 0 Å². The molecule has 0 heterocycles. The second-order valence-electron chi connectivity index (χ2n) is 6.92. The highest BCUT2D eigenvalue weighted by Gasteiger charge is 2.17. The summed E-state index contributed by atoms with van der Waals surface area (Å²) in [7, 11) is -3.88. The summed E-state index contributed by atoms with van der Waals surface area (Å²) in [5.74, 6) is 0.943. The molecule has 0 bridgehead atoms. The molecular formula is C24H25ClN2O6S. The lowest BCUT2D eigenvalue weighted by Gasteiger charge is -2.13. The van der Waals surface area contributed by atoms with E-state index in [0.29, 0.717) is 36.1 Å². The molecule has 2 N–H and O–H groups in total. The van der Waals surface area contributed by atoms with Gasteiger partial charge in [-0.3, -0.25) is 9.52 Å². The largest absolute Gasteiger partial charge is 0.494 e. The van der Waals surface area contributed by atoms with E-state index in [-0.39, 0.29) is 22.3 Å². The van der Waals surface area contributed by atoms with Crippen molar-refractivity contribution >= 4 is 38.9 Å². The van der Waals surface area contributed by atoms with Gasteiger partial charge in [-0.25, -0.2) is 8.42 Å². The number of sulfonamides is 1. The fourth-order valence-electron chi connectivity index (χ4n) is 2.95. The summed E-state index contributed by atoms with van der Waals surface area (Å²) < 4.78 is 44.2. The third-order valence-corrected chi connectivity index (χ3v) is 6.13. The first-order chi connectivity index (χ1) is 16.3. The van der Waals surface area contributed by atoms with Crippen LogP contribution in [0.1, 0.15) is 13.8 Å². The molecule has 0 aliphatic carbocycles. The molecule has 0 radical (unpaired) electrons. The van der Waals surface area contributed by atoms with E-state index in [4.69, 9.17) is 25.8 Å². The quantitative estimate of drug-likeness (QED) is 0.383. The van der Waals surface area contributed by atoms with E-state index in [1.165, 1.54) is 18.2 Å². The number of hydrogen-bond acceptors (Lipinski definition) is 6. The van der Waals surface area contributed by atoms with Crippen molar-refractivity contribution in [2.45, 2.75) is 18.7 Å². The van der Waals surface area contributed by atoms with Crippen LogP contribution in [-0.4, -0.2) is 34.1 Å². The second kappa shape index (κ2) is 11.6. The molecule has 0 saturated heterocycles. The minimum Gasteiger partial charge on any atom is -0.494 e. The SMILES string of the molecule is CCOc1ccc(NS(=O)(=O)c2ccc(OCC(=O)Nc3ccccc3OCC)c(Cl)c2)cc1. The predicted octanol–water partition coefficient (Wildman–Crippen LogP) is 4.96. The maximum absolute atomic E-state index is 12.7. The standard InChI is InChI=1S/C24H25ClN2O6S/c1-3-31-18-11-9-17(10-12-18)27-34(29,30)19-13-14-22(20(25)15-19)33-16-24(28)26-21-7-5-6-8-23(21)32-4-2/h5-15,27H,3-4,16H2,1-2H3,(H,26,28). The van der Waals surface area contributed by atoms with Gasteiger partial charge in [-0.1, -0.05) is 23.7 Å². The monoisotopic (exact) mass is 504 g/mol. The molecule has 0 unspecified atom stereocenters. The van der Waals surface area contributed by atoms with E-state index in [0.717, 1.165) is 0 Å². The zero-order valence-corrected chi connectivity index (χ0v) is 20.3. The van der Waals surface area contributed by atoms with Gasteiger partial charge >= 0.3 is 0 Å². The van der Waals surface area contributed by atoms with Gasteiger partial charge in [-0.05, 0) is 68.4 Å². The van der Waals surface area contributed by atoms with Crippen LogP contribution < -0.4 is 24.2 Å². The number of benzene rings is 3. The Bertz CT molecular complexity index is 1230. The number of carbonyl (C=O) groups excluding carboxylic acids is 1. The molecular weight excluding hydrogens is 480 g/mol. The van der Waals surface area contributed by atoms with Crippen molar-refractivity contribution in [3.63, 3.8) is 0 Å². The van der Waals surface area contributed by atoms with Crippen molar-refractivity contribution in [3.8, 4) is 17.2 Å². The van der Waals surface area contributed by atoms with Gasteiger partial charge in [0.1, 0.15) is 17.2 Å². The smallest absolute Gasteiger partial charge is 0.262 e. The molecule has 3 aromatic rings. The number of anilines is 2. The summed E-state index contributed by atoms with van der Waals surface area (Å²) in [6.07, 6.45) is 0. The number of para-hydroxylation sites is 2. The molecule has 0 atom stereocenters. The maximum atomic E-state index is 12.7. The third-order valence-electron chi connectivity index (χ3n) is 4.45. The van der Waals surface area contributed by atoms with Crippen LogP contribution in [0, 0.1) is 0 Å². The number of ether oxygens (including phenoxy) is 3. The Hall–Kier alpha value is -3.43. The van der Waals surface area contributed by atoms with Gasteiger partial charge in [0.25, 0.3) is 15.9 Å². The van der Waals surface area contributed by atoms with Crippen LogP contribution >= 0.6 is 11.6 Å². The summed E-state index contributed by atoms with van der Waals surface area (Å²) in [5, 5.41) is 2.77. The van der Waals surface area contributed by atoms with Crippen LogP contribution in [0.25, 0.3) is 0 Å². The average molecular weight is 505 g/mol. The first-order valence-electron chi connectivity index (χ1n) is 10.5. The molecule has 0 aliphatic heterocycles. The van der Waals surface area contributed by atoms with Crippen molar-refractivity contribution in [2.24, 2.45) is 0 Å². The van der Waals surface area contributed by atoms with Gasteiger partial charge in [0, 0.05) is 5.69 Å². The molecule has 8 nitrogen and oxygen atoms in total. The highest BCUT2D eigenvalue weighted by atomic mass is 35.5. The molecule has 0 saturated carbocycles. The van der Waals surface area contributed by atoms with E-state index in [9.17, 15) is 13.2 Å². The first-order valence-corrected chi connectivity index (χ1v) is 12.4. The van der Waals surface area contributed by atoms with Crippen LogP contribution in [-0.2, 0) is 14.8 Å². The van der Waals surface area contributed by atoms with Gasteiger partial charge in [-0.2, -0.15) is 0 Å². The molecule has 0 fully saturated rings. The zero-order valence-electron chi connectivity index (χ0n) is 18.7. The highest BCUT2D eigenvalue weighted by molar-refractivity contribution is 7.92. The van der Waals surface area contributed by atoms with E-state index in [2.05, 4.69) is 10.0 Å². The Balaban J connectivity index is 1.62. The van der Waals surface area contributed by atoms with Crippen molar-refractivity contribution < 1.29 is 27.4 Å². The summed E-state index contributed by atoms with van der Waals surface area (Å²) in [6, 6.07) is 17.6. The fraction of sp³-hybridized carbons (Fsp3) is 0.208. The van der Waals surface area contributed by atoms with Crippen LogP contribution in [0.15, 0.2) is 71.6 Å². The summed E-state index contributed by atoms with van der Waals surface area (Å²) >= 11 is 6.22. The summed E-state index contributed by atoms with van der Waals surface area (Å²) in [4.78, 5) is 12.3. The van der Waals surface area contributed by atoms with Crippen LogP contribution in [0.5, 0.6) is 17.2 Å². The molecule has 34 heavy (non-hydrogen) atoms. The van der Waals surface area contributed by atoms with E-state index in [1.807, 2.05) is 13.8 Å². The van der Waals surface area contributed by atoms with Gasteiger partial charge in [0.05, 0.1) is 28.8 Å².